The van der Waals surface area contributed by atoms with Gasteiger partial charge in [0.25, 0.3) is 0 Å². The number of benzene rings is 1. The molecule has 1 unspecified atom stereocenters. The van der Waals surface area contributed by atoms with Gasteiger partial charge < -0.3 is 10.2 Å². The van der Waals surface area contributed by atoms with E-state index < -0.39 is 30.5 Å². The summed E-state index contributed by atoms with van der Waals surface area (Å²) in [5, 5.41) is 2.15. The van der Waals surface area contributed by atoms with Crippen molar-refractivity contribution in [2.45, 2.75) is 25.1 Å². The molecule has 0 heterocycles. The van der Waals surface area contributed by atoms with E-state index in [1.807, 2.05) is 0 Å². The van der Waals surface area contributed by atoms with Gasteiger partial charge in [0.05, 0.1) is 0 Å². The van der Waals surface area contributed by atoms with Crippen LogP contribution < -0.4 is 5.32 Å². The van der Waals surface area contributed by atoms with Crippen LogP contribution in [0.1, 0.15) is 12.0 Å². The molecule has 116 valence electrons. The second-order valence-corrected chi connectivity index (χ2v) is 4.83. The predicted molar refractivity (Wildman–Crippen MR) is 71.4 cm³/mol. The van der Waals surface area contributed by atoms with Gasteiger partial charge in [-0.1, -0.05) is 30.3 Å². The van der Waals surface area contributed by atoms with E-state index in [4.69, 9.17) is 0 Å². The van der Waals surface area contributed by atoms with Crippen molar-refractivity contribution in [3.63, 3.8) is 0 Å². The van der Waals surface area contributed by atoms with Crippen molar-refractivity contribution in [3.8, 4) is 0 Å². The predicted octanol–water partition coefficient (Wildman–Crippen LogP) is 1.75. The minimum Gasteiger partial charge on any atom is -0.347 e. The molecule has 1 aromatic carbocycles. The maximum Gasteiger partial charge on any atom is 0.397 e. The molecule has 0 saturated heterocycles. The number of carbonyl (C=O) groups is 2. The van der Waals surface area contributed by atoms with Gasteiger partial charge in [0.1, 0.15) is 12.5 Å². The van der Waals surface area contributed by atoms with Gasteiger partial charge in [0.15, 0.2) is 0 Å². The molecule has 1 N–H and O–H groups in total. The molecule has 0 fully saturated rings. The quantitative estimate of drug-likeness (QED) is 0.901. The average Bonchev–Trinajstić information content (AvgIpc) is 2.36. The lowest BCUT2D eigenvalue weighted by atomic mass is 10.0. The third-order valence-corrected chi connectivity index (χ3v) is 2.72. The molecule has 0 aliphatic carbocycles. The lowest BCUT2D eigenvalue weighted by Gasteiger charge is -2.22. The van der Waals surface area contributed by atoms with E-state index in [1.165, 1.54) is 19.0 Å². The zero-order valence-corrected chi connectivity index (χ0v) is 11.8. The Morgan fingerprint density at radius 1 is 1.19 bits per heavy atom. The Kier molecular flexibility index (Phi) is 5.75. The van der Waals surface area contributed by atoms with Crippen LogP contribution in [0.3, 0.4) is 0 Å². The number of rotatable bonds is 5. The molecule has 1 rings (SSSR count). The smallest absolute Gasteiger partial charge is 0.347 e. The summed E-state index contributed by atoms with van der Waals surface area (Å²) in [6.07, 6.45) is -6.05. The number of hydrogen-bond acceptors (Lipinski definition) is 2. The topological polar surface area (TPSA) is 49.4 Å². The first kappa shape index (κ1) is 17.0. The minimum atomic E-state index is -4.59. The van der Waals surface area contributed by atoms with Crippen LogP contribution in [0.2, 0.25) is 0 Å². The van der Waals surface area contributed by atoms with Gasteiger partial charge in [-0.15, -0.1) is 0 Å². The SMILES string of the molecule is CN(C)C(=O)C(Cc1ccccc1)NC(=O)CC(F)(F)F. The lowest BCUT2D eigenvalue weighted by Crippen LogP contribution is -2.48. The van der Waals surface area contributed by atoms with Crippen LogP contribution in [0.25, 0.3) is 0 Å². The highest BCUT2D eigenvalue weighted by atomic mass is 19.4. The highest BCUT2D eigenvalue weighted by Crippen LogP contribution is 2.19. The summed E-state index contributed by atoms with van der Waals surface area (Å²) in [6.45, 7) is 0. The number of nitrogens with one attached hydrogen (secondary N) is 1. The van der Waals surface area contributed by atoms with E-state index >= 15 is 0 Å². The standard InChI is InChI=1S/C14H17F3N2O2/c1-19(2)13(21)11(8-10-6-4-3-5-7-10)18-12(20)9-14(15,16)17/h3-7,11H,8-9H2,1-2H3,(H,18,20). The monoisotopic (exact) mass is 302 g/mol. The van der Waals surface area contributed by atoms with Crippen LogP contribution in [0.4, 0.5) is 13.2 Å². The van der Waals surface area contributed by atoms with Crippen LogP contribution in [-0.4, -0.2) is 43.0 Å². The van der Waals surface area contributed by atoms with Gasteiger partial charge in [-0.05, 0) is 5.56 Å². The number of carbonyl (C=O) groups excluding carboxylic acids is 2. The third-order valence-electron chi connectivity index (χ3n) is 2.72. The highest BCUT2D eigenvalue weighted by Gasteiger charge is 2.33. The summed E-state index contributed by atoms with van der Waals surface area (Å²) in [7, 11) is 2.96. The van der Waals surface area contributed by atoms with Crippen molar-refractivity contribution in [2.75, 3.05) is 14.1 Å². The van der Waals surface area contributed by atoms with Crippen molar-refractivity contribution in [2.24, 2.45) is 0 Å². The Labute approximate surface area is 120 Å². The Bertz CT molecular complexity index is 487. The van der Waals surface area contributed by atoms with E-state index in [0.29, 0.717) is 0 Å². The number of hydrogen-bond donors (Lipinski definition) is 1. The minimum absolute atomic E-state index is 0.140. The second kappa shape index (κ2) is 7.10. The Morgan fingerprint density at radius 3 is 2.24 bits per heavy atom. The van der Waals surface area contributed by atoms with E-state index in [-0.39, 0.29) is 6.42 Å². The first-order chi connectivity index (χ1) is 9.69. The molecule has 0 aliphatic heterocycles. The van der Waals surface area contributed by atoms with E-state index in [2.05, 4.69) is 5.32 Å². The fourth-order valence-electron chi connectivity index (χ4n) is 1.79. The van der Waals surface area contributed by atoms with Crippen LogP contribution in [-0.2, 0) is 16.0 Å². The molecule has 0 spiro atoms. The van der Waals surface area contributed by atoms with Crippen molar-refractivity contribution in [1.29, 1.82) is 0 Å². The van der Waals surface area contributed by atoms with Crippen molar-refractivity contribution in [3.05, 3.63) is 35.9 Å². The summed E-state index contributed by atoms with van der Waals surface area (Å²) in [4.78, 5) is 24.6. The third kappa shape index (κ3) is 6.29. The number of likely N-dealkylation sites (N-methyl/N-ethyl adjacent to an activating group) is 1. The van der Waals surface area contributed by atoms with Crippen LogP contribution in [0.15, 0.2) is 30.3 Å². The molecule has 21 heavy (non-hydrogen) atoms. The maximum atomic E-state index is 12.2. The normalized spacial score (nSPS) is 12.6. The molecule has 1 aromatic rings. The summed E-state index contributed by atoms with van der Waals surface area (Å²) < 4.78 is 36.6. The maximum absolute atomic E-state index is 12.2. The fourth-order valence-corrected chi connectivity index (χ4v) is 1.79. The fraction of sp³-hybridized carbons (Fsp3) is 0.429. The molecule has 0 bridgehead atoms. The first-order valence-corrected chi connectivity index (χ1v) is 6.30. The first-order valence-electron chi connectivity index (χ1n) is 6.30. The summed E-state index contributed by atoms with van der Waals surface area (Å²) in [6, 6.07) is 7.76. The highest BCUT2D eigenvalue weighted by molar-refractivity contribution is 5.87. The average molecular weight is 302 g/mol. The molecule has 1 atom stereocenters. The molecular formula is C14H17F3N2O2. The molecule has 7 heteroatoms. The Balaban J connectivity index is 2.78. The second-order valence-electron chi connectivity index (χ2n) is 4.83. The van der Waals surface area contributed by atoms with E-state index in [1.54, 1.807) is 30.3 Å². The van der Waals surface area contributed by atoms with Crippen LogP contribution >= 0.6 is 0 Å². The zero-order valence-electron chi connectivity index (χ0n) is 11.8. The largest absolute Gasteiger partial charge is 0.397 e. The number of nitrogens with zero attached hydrogens (tertiary/aromatic N) is 1. The van der Waals surface area contributed by atoms with Gasteiger partial charge in [-0.25, -0.2) is 0 Å². The van der Waals surface area contributed by atoms with Crippen molar-refractivity contribution in [1.82, 2.24) is 10.2 Å². The number of halogens is 3. The Morgan fingerprint density at radius 2 is 1.76 bits per heavy atom. The molecule has 0 aromatic heterocycles. The zero-order chi connectivity index (χ0) is 16.0. The number of amides is 2. The van der Waals surface area contributed by atoms with Crippen molar-refractivity contribution >= 4 is 11.8 Å². The molecule has 0 radical (unpaired) electrons. The van der Waals surface area contributed by atoms with Gasteiger partial charge in [0, 0.05) is 20.5 Å². The molecular weight excluding hydrogens is 285 g/mol. The molecule has 0 saturated carbocycles. The Hall–Kier alpha value is -2.05. The van der Waals surface area contributed by atoms with Crippen LogP contribution in [0, 0.1) is 0 Å². The van der Waals surface area contributed by atoms with E-state index in [0.717, 1.165) is 5.56 Å². The molecule has 4 nitrogen and oxygen atoms in total. The lowest BCUT2D eigenvalue weighted by molar-refractivity contribution is -0.155. The summed E-state index contributed by atoms with van der Waals surface area (Å²) >= 11 is 0. The van der Waals surface area contributed by atoms with Gasteiger partial charge in [0.2, 0.25) is 11.8 Å². The summed E-state index contributed by atoms with van der Waals surface area (Å²) in [5.74, 6) is -1.66. The van der Waals surface area contributed by atoms with Gasteiger partial charge in [-0.3, -0.25) is 9.59 Å². The molecule has 2 amide bonds. The van der Waals surface area contributed by atoms with Gasteiger partial charge >= 0.3 is 6.18 Å². The van der Waals surface area contributed by atoms with E-state index in [9.17, 15) is 22.8 Å². The molecule has 0 aliphatic rings. The van der Waals surface area contributed by atoms with Crippen molar-refractivity contribution < 1.29 is 22.8 Å². The summed E-state index contributed by atoms with van der Waals surface area (Å²) in [5.41, 5.74) is 0.755. The van der Waals surface area contributed by atoms with Crippen LogP contribution in [0.5, 0.6) is 0 Å². The number of alkyl halides is 3. The van der Waals surface area contributed by atoms with Gasteiger partial charge in [-0.2, -0.15) is 13.2 Å².